The zero-order chi connectivity index (χ0) is 25.4. The van der Waals surface area contributed by atoms with Crippen LogP contribution in [-0.4, -0.2) is 39.5 Å². The van der Waals surface area contributed by atoms with Crippen LogP contribution in [0.25, 0.3) is 10.2 Å². The molecule has 6 N–H and O–H groups in total. The number of hydrogen-bond donors (Lipinski definition) is 4. The van der Waals surface area contributed by atoms with E-state index in [1.54, 1.807) is 54.6 Å². The Morgan fingerprint density at radius 1 is 0.943 bits per heavy atom. The van der Waals surface area contributed by atoms with Crippen LogP contribution in [0.15, 0.2) is 72.8 Å². The van der Waals surface area contributed by atoms with Gasteiger partial charge in [0.2, 0.25) is 0 Å². The number of carbonyl (C=O) groups is 3. The number of aromatic nitrogens is 1. The van der Waals surface area contributed by atoms with Gasteiger partial charge in [0.15, 0.2) is 5.01 Å². The summed E-state index contributed by atoms with van der Waals surface area (Å²) >= 11 is 1.26. The van der Waals surface area contributed by atoms with Crippen molar-refractivity contribution in [2.75, 3.05) is 11.4 Å². The molecular weight excluding hydrogens is 468 g/mol. The maximum Gasteiger partial charge on any atom is 0.323 e. The number of aliphatic hydroxyl groups is 1. The average molecular weight is 493 g/mol. The number of thiazole rings is 1. The minimum absolute atomic E-state index is 0.0284. The van der Waals surface area contributed by atoms with Crippen molar-refractivity contribution < 1.29 is 24.6 Å². The van der Waals surface area contributed by atoms with Crippen LogP contribution in [0.1, 0.15) is 31.3 Å². The summed E-state index contributed by atoms with van der Waals surface area (Å²) in [5, 5.41) is 18.2. The lowest BCUT2D eigenvalue weighted by atomic mass is 10.1. The van der Waals surface area contributed by atoms with E-state index < -0.39 is 18.4 Å². The van der Waals surface area contributed by atoms with E-state index >= 15 is 0 Å². The number of hydrogen-bond acceptors (Lipinski definition) is 7. The summed E-state index contributed by atoms with van der Waals surface area (Å²) in [6.45, 7) is -0.0968. The number of fused-ring (bicyclic) bond motifs is 1. The number of carboxylic acids is 1. The van der Waals surface area contributed by atoms with Crippen LogP contribution in [0, 0.1) is 0 Å². The number of primary amides is 1. The molecule has 0 fully saturated rings. The van der Waals surface area contributed by atoms with Gasteiger partial charge in [0.05, 0.1) is 16.8 Å². The van der Waals surface area contributed by atoms with Crippen LogP contribution in [0.2, 0.25) is 0 Å². The molecule has 0 bridgehead atoms. The van der Waals surface area contributed by atoms with Crippen molar-refractivity contribution >= 4 is 45.0 Å². The number of carboxylic acid groups (broad SMARTS) is 1. The Kier molecular flexibility index (Phi) is 8.63. The third-order valence-electron chi connectivity index (χ3n) is 4.86. The Labute approximate surface area is 205 Å². The lowest BCUT2D eigenvalue weighted by Gasteiger charge is -2.21. The molecule has 4 aromatic rings. The van der Waals surface area contributed by atoms with E-state index in [2.05, 4.69) is 4.98 Å². The highest BCUT2D eigenvalue weighted by atomic mass is 32.1. The van der Waals surface area contributed by atoms with Gasteiger partial charge >= 0.3 is 5.97 Å². The van der Waals surface area contributed by atoms with Crippen molar-refractivity contribution in [3.05, 3.63) is 94.5 Å². The summed E-state index contributed by atoms with van der Waals surface area (Å²) in [4.78, 5) is 39.7. The molecule has 2 amide bonds. The minimum atomic E-state index is -1.07. The predicted molar refractivity (Wildman–Crippen MR) is 134 cm³/mol. The fourth-order valence-electron chi connectivity index (χ4n) is 3.19. The standard InChI is InChI=1S/C16H16N2O3.C9H8N2O2S/c17-10-12-5-4-6-13(9-12)16(21)18(11-15(19)20)14-7-2-1-3-8-14;10-8(13)9-11-6-3-5(4-12)1-2-7(6)14-9/h1-9H,10-11,17H2,(H,19,20);1-3,12H,4H2,(H2,10,13). The molecule has 0 saturated heterocycles. The molecule has 0 saturated carbocycles. The number of benzene rings is 3. The number of aliphatic carboxylic acids is 1. The monoisotopic (exact) mass is 492 g/mol. The topological polar surface area (TPSA) is 160 Å². The lowest BCUT2D eigenvalue weighted by molar-refractivity contribution is -0.135. The smallest absolute Gasteiger partial charge is 0.323 e. The third-order valence-corrected chi connectivity index (χ3v) is 5.91. The summed E-state index contributed by atoms with van der Waals surface area (Å²) in [7, 11) is 0. The molecule has 0 aliphatic rings. The Morgan fingerprint density at radius 3 is 2.31 bits per heavy atom. The van der Waals surface area contributed by atoms with E-state index in [1.165, 1.54) is 16.2 Å². The van der Waals surface area contributed by atoms with Gasteiger partial charge in [-0.1, -0.05) is 36.4 Å². The molecule has 9 nitrogen and oxygen atoms in total. The van der Waals surface area contributed by atoms with Crippen LogP contribution < -0.4 is 16.4 Å². The molecule has 0 aliphatic heterocycles. The second-order valence-corrected chi connectivity index (χ2v) is 8.40. The number of amides is 2. The van der Waals surface area contributed by atoms with E-state index in [1.807, 2.05) is 18.2 Å². The summed E-state index contributed by atoms with van der Waals surface area (Å²) < 4.78 is 0.899. The number of rotatable bonds is 7. The van der Waals surface area contributed by atoms with Gasteiger partial charge in [0.1, 0.15) is 6.54 Å². The second kappa shape index (κ2) is 11.8. The van der Waals surface area contributed by atoms with E-state index in [4.69, 9.17) is 21.7 Å². The molecule has 10 heteroatoms. The zero-order valence-corrected chi connectivity index (χ0v) is 19.4. The molecule has 0 unspecified atom stereocenters. The van der Waals surface area contributed by atoms with Gasteiger partial charge in [-0.25, -0.2) is 4.98 Å². The molecule has 1 aromatic heterocycles. The molecule has 3 aromatic carbocycles. The van der Waals surface area contributed by atoms with Crippen LogP contribution in [0.5, 0.6) is 0 Å². The summed E-state index contributed by atoms with van der Waals surface area (Å²) in [5.74, 6) is -1.95. The molecule has 35 heavy (non-hydrogen) atoms. The number of para-hydroxylation sites is 1. The van der Waals surface area contributed by atoms with Gasteiger partial charge in [-0.05, 0) is 47.5 Å². The number of nitrogens with two attached hydrogens (primary N) is 2. The fraction of sp³-hybridized carbons (Fsp3) is 0.120. The maximum absolute atomic E-state index is 12.6. The van der Waals surface area contributed by atoms with E-state index in [9.17, 15) is 14.4 Å². The Hall–Kier alpha value is -4.12. The number of carbonyl (C=O) groups excluding carboxylic acids is 2. The van der Waals surface area contributed by atoms with Crippen LogP contribution in [-0.2, 0) is 17.9 Å². The highest BCUT2D eigenvalue weighted by Crippen LogP contribution is 2.22. The largest absolute Gasteiger partial charge is 0.480 e. The number of nitrogens with zero attached hydrogens (tertiary/aromatic N) is 2. The molecule has 4 rings (SSSR count). The van der Waals surface area contributed by atoms with Gasteiger partial charge in [-0.3, -0.25) is 19.3 Å². The van der Waals surface area contributed by atoms with Crippen molar-refractivity contribution in [1.82, 2.24) is 4.98 Å². The van der Waals surface area contributed by atoms with E-state index in [-0.39, 0.29) is 12.5 Å². The lowest BCUT2D eigenvalue weighted by Crippen LogP contribution is -2.35. The van der Waals surface area contributed by atoms with Gasteiger partial charge in [-0.2, -0.15) is 0 Å². The molecular formula is C25H24N4O5S. The quantitative estimate of drug-likeness (QED) is 0.308. The van der Waals surface area contributed by atoms with Crippen LogP contribution in [0.3, 0.4) is 0 Å². The number of anilines is 1. The highest BCUT2D eigenvalue weighted by molar-refractivity contribution is 7.20. The Morgan fingerprint density at radius 2 is 1.69 bits per heavy atom. The van der Waals surface area contributed by atoms with Crippen LogP contribution >= 0.6 is 11.3 Å². The SMILES string of the molecule is NC(=O)c1nc2cc(CO)ccc2s1.NCc1cccc(C(=O)N(CC(=O)O)c2ccccc2)c1. The molecule has 0 spiro atoms. The van der Waals surface area contributed by atoms with Gasteiger partial charge in [0, 0.05) is 17.8 Å². The molecule has 0 aliphatic carbocycles. The average Bonchev–Trinajstić information content (AvgIpc) is 3.31. The van der Waals surface area contributed by atoms with Crippen molar-refractivity contribution in [2.24, 2.45) is 11.5 Å². The van der Waals surface area contributed by atoms with E-state index in [0.717, 1.165) is 15.8 Å². The normalized spacial score (nSPS) is 10.3. The van der Waals surface area contributed by atoms with Gasteiger partial charge < -0.3 is 21.7 Å². The molecule has 180 valence electrons. The molecule has 0 atom stereocenters. The van der Waals surface area contributed by atoms with Crippen molar-refractivity contribution in [2.45, 2.75) is 13.2 Å². The fourth-order valence-corrected chi connectivity index (χ4v) is 3.99. The summed E-state index contributed by atoms with van der Waals surface area (Å²) in [5.41, 5.74) is 13.9. The van der Waals surface area contributed by atoms with Crippen molar-refractivity contribution in [3.8, 4) is 0 Å². The zero-order valence-electron chi connectivity index (χ0n) is 18.6. The number of aliphatic hydroxyl groups excluding tert-OH is 1. The van der Waals surface area contributed by atoms with Gasteiger partial charge in [-0.15, -0.1) is 11.3 Å². The first-order valence-electron chi connectivity index (χ1n) is 10.5. The van der Waals surface area contributed by atoms with Crippen molar-refractivity contribution in [3.63, 3.8) is 0 Å². The Bertz CT molecular complexity index is 1340. The first kappa shape index (κ1) is 25.5. The van der Waals surface area contributed by atoms with Crippen LogP contribution in [0.4, 0.5) is 5.69 Å². The molecule has 0 radical (unpaired) electrons. The molecule has 1 heterocycles. The van der Waals surface area contributed by atoms with Gasteiger partial charge in [0.25, 0.3) is 11.8 Å². The third kappa shape index (κ3) is 6.70. The highest BCUT2D eigenvalue weighted by Gasteiger charge is 2.20. The second-order valence-electron chi connectivity index (χ2n) is 7.37. The predicted octanol–water partition coefficient (Wildman–Crippen LogP) is 2.76. The summed E-state index contributed by atoms with van der Waals surface area (Å²) in [6.07, 6.45) is 0. The maximum atomic E-state index is 12.6. The minimum Gasteiger partial charge on any atom is -0.480 e. The summed E-state index contributed by atoms with van der Waals surface area (Å²) in [6, 6.07) is 21.0. The van der Waals surface area contributed by atoms with E-state index in [0.29, 0.717) is 28.3 Å². The first-order chi connectivity index (χ1) is 16.8. The first-order valence-corrected chi connectivity index (χ1v) is 11.3. The Balaban J connectivity index is 0.000000211. The van der Waals surface area contributed by atoms with Crippen molar-refractivity contribution in [1.29, 1.82) is 0 Å².